The standard InChI is InChI=1S/C20H36N6O3/c1-26-12-21-24-16(26)9-20(10-28-11-20)13-4-2-5-14(8-13)22-19(27)17-18-15(23-25-17)6-3-7-29-18/h13-18,21,23-25H,2-12H2,1H3,(H,22,27). The van der Waals surface area contributed by atoms with Crippen molar-refractivity contribution in [2.75, 3.05) is 33.5 Å². The lowest BCUT2D eigenvalue weighted by atomic mass is 9.64. The van der Waals surface area contributed by atoms with E-state index in [9.17, 15) is 4.79 Å². The number of ether oxygens (including phenoxy) is 2. The number of hydrogen-bond donors (Lipinski definition) is 5. The molecule has 1 amide bonds. The molecule has 29 heavy (non-hydrogen) atoms. The number of nitrogens with one attached hydrogen (secondary N) is 5. The van der Waals surface area contributed by atoms with Crippen LogP contribution < -0.4 is 27.0 Å². The Morgan fingerprint density at radius 3 is 2.83 bits per heavy atom. The topological polar surface area (TPSA) is 98.9 Å². The van der Waals surface area contributed by atoms with Crippen LogP contribution in [0.25, 0.3) is 0 Å². The Bertz CT molecular complexity index is 603. The van der Waals surface area contributed by atoms with E-state index in [0.29, 0.717) is 12.1 Å². The largest absolute Gasteiger partial charge is 0.380 e. The fourth-order valence-electron chi connectivity index (χ4n) is 5.93. The third kappa shape index (κ3) is 3.94. The van der Waals surface area contributed by atoms with Crippen LogP contribution in [0.5, 0.6) is 0 Å². The third-order valence-electron chi connectivity index (χ3n) is 7.80. The molecule has 6 unspecified atom stereocenters. The summed E-state index contributed by atoms with van der Waals surface area (Å²) in [5, 5.41) is 3.35. The molecule has 4 aliphatic heterocycles. The Labute approximate surface area is 172 Å². The maximum Gasteiger partial charge on any atom is 0.241 e. The number of nitrogens with zero attached hydrogens (tertiary/aromatic N) is 1. The highest BCUT2D eigenvalue weighted by Crippen LogP contribution is 2.47. The van der Waals surface area contributed by atoms with Gasteiger partial charge in [-0.15, -0.1) is 0 Å². The molecular formula is C20H36N6O3. The van der Waals surface area contributed by atoms with E-state index in [-0.39, 0.29) is 35.6 Å². The highest BCUT2D eigenvalue weighted by atomic mass is 16.5. The van der Waals surface area contributed by atoms with E-state index in [1.54, 1.807) is 0 Å². The minimum atomic E-state index is -0.288. The van der Waals surface area contributed by atoms with E-state index in [2.05, 4.69) is 39.0 Å². The molecule has 0 bridgehead atoms. The first-order valence-corrected chi connectivity index (χ1v) is 11.3. The molecule has 1 saturated carbocycles. The quantitative estimate of drug-likeness (QED) is 0.412. The Kier molecular flexibility index (Phi) is 5.81. The van der Waals surface area contributed by atoms with Gasteiger partial charge in [0.25, 0.3) is 0 Å². The number of carbonyl (C=O) groups is 1. The lowest BCUT2D eigenvalue weighted by Gasteiger charge is -2.51. The molecule has 0 aromatic rings. The molecular weight excluding hydrogens is 372 g/mol. The van der Waals surface area contributed by atoms with Crippen molar-refractivity contribution in [1.29, 1.82) is 0 Å². The van der Waals surface area contributed by atoms with Gasteiger partial charge >= 0.3 is 0 Å². The summed E-state index contributed by atoms with van der Waals surface area (Å²) in [6.07, 6.45) is 8.03. The van der Waals surface area contributed by atoms with Crippen LogP contribution in [0.1, 0.15) is 44.9 Å². The molecule has 4 heterocycles. The van der Waals surface area contributed by atoms with Gasteiger partial charge in [0, 0.05) is 24.1 Å². The van der Waals surface area contributed by atoms with Gasteiger partial charge in [-0.25, -0.2) is 16.3 Å². The minimum absolute atomic E-state index is 0.0500. The zero-order chi connectivity index (χ0) is 19.8. The van der Waals surface area contributed by atoms with Gasteiger partial charge in [0.05, 0.1) is 32.2 Å². The highest BCUT2D eigenvalue weighted by Gasteiger charge is 2.49. The summed E-state index contributed by atoms with van der Waals surface area (Å²) in [4.78, 5) is 15.3. The van der Waals surface area contributed by atoms with Crippen molar-refractivity contribution in [2.45, 2.75) is 75.3 Å². The van der Waals surface area contributed by atoms with Crippen molar-refractivity contribution in [3.63, 3.8) is 0 Å². The second-order valence-corrected chi connectivity index (χ2v) is 9.73. The summed E-state index contributed by atoms with van der Waals surface area (Å²) in [6, 6.07) is 0.207. The second kappa shape index (κ2) is 8.37. The van der Waals surface area contributed by atoms with E-state index >= 15 is 0 Å². The van der Waals surface area contributed by atoms with Gasteiger partial charge in [-0.05, 0) is 51.5 Å². The number of hydrogen-bond acceptors (Lipinski definition) is 8. The molecule has 6 atom stereocenters. The van der Waals surface area contributed by atoms with Crippen molar-refractivity contribution in [2.24, 2.45) is 11.3 Å². The molecule has 5 fully saturated rings. The molecule has 5 aliphatic rings. The second-order valence-electron chi connectivity index (χ2n) is 9.73. The van der Waals surface area contributed by atoms with E-state index in [4.69, 9.17) is 9.47 Å². The van der Waals surface area contributed by atoms with Crippen LogP contribution in [-0.2, 0) is 14.3 Å². The monoisotopic (exact) mass is 408 g/mol. The smallest absolute Gasteiger partial charge is 0.241 e. The van der Waals surface area contributed by atoms with Crippen molar-refractivity contribution >= 4 is 5.91 Å². The van der Waals surface area contributed by atoms with Crippen molar-refractivity contribution in [3.8, 4) is 0 Å². The van der Waals surface area contributed by atoms with Crippen LogP contribution in [0.3, 0.4) is 0 Å². The summed E-state index contributed by atoms with van der Waals surface area (Å²) >= 11 is 0. The third-order valence-corrected chi connectivity index (χ3v) is 7.80. The molecule has 0 spiro atoms. The average Bonchev–Trinajstić information content (AvgIpc) is 3.31. The van der Waals surface area contributed by atoms with E-state index < -0.39 is 0 Å². The first-order chi connectivity index (χ1) is 14.1. The van der Waals surface area contributed by atoms with Crippen LogP contribution in [0.15, 0.2) is 0 Å². The van der Waals surface area contributed by atoms with E-state index in [1.807, 2.05) is 0 Å². The van der Waals surface area contributed by atoms with Crippen LogP contribution in [0, 0.1) is 11.3 Å². The average molecular weight is 409 g/mol. The molecule has 1 aliphatic carbocycles. The van der Waals surface area contributed by atoms with E-state index in [0.717, 1.165) is 58.6 Å². The Morgan fingerprint density at radius 1 is 1.17 bits per heavy atom. The molecule has 4 saturated heterocycles. The van der Waals surface area contributed by atoms with Crippen molar-refractivity contribution in [1.82, 2.24) is 31.9 Å². The predicted octanol–water partition coefficient (Wildman–Crippen LogP) is -0.585. The fraction of sp³-hybridized carbons (Fsp3) is 0.950. The number of fused-ring (bicyclic) bond motifs is 1. The fourth-order valence-corrected chi connectivity index (χ4v) is 5.93. The molecule has 0 aromatic carbocycles. The molecule has 0 aromatic heterocycles. The maximum absolute atomic E-state index is 13.0. The molecule has 9 nitrogen and oxygen atoms in total. The van der Waals surface area contributed by atoms with Crippen molar-refractivity contribution < 1.29 is 14.3 Å². The summed E-state index contributed by atoms with van der Waals surface area (Å²) < 4.78 is 11.6. The number of hydrazine groups is 2. The van der Waals surface area contributed by atoms with Gasteiger partial charge in [-0.3, -0.25) is 15.1 Å². The zero-order valence-electron chi connectivity index (χ0n) is 17.4. The van der Waals surface area contributed by atoms with Gasteiger partial charge in [-0.2, -0.15) is 0 Å². The van der Waals surface area contributed by atoms with Gasteiger partial charge in [-0.1, -0.05) is 6.42 Å². The van der Waals surface area contributed by atoms with Crippen LogP contribution in [-0.4, -0.2) is 74.7 Å². The van der Waals surface area contributed by atoms with Crippen LogP contribution in [0.4, 0.5) is 0 Å². The first kappa shape index (κ1) is 20.1. The maximum atomic E-state index is 13.0. The van der Waals surface area contributed by atoms with Gasteiger partial charge < -0.3 is 14.8 Å². The number of amides is 1. The Hall–Kier alpha value is -0.810. The Morgan fingerprint density at radius 2 is 2.07 bits per heavy atom. The molecule has 0 radical (unpaired) electrons. The lowest BCUT2D eigenvalue weighted by Crippen LogP contribution is -2.57. The van der Waals surface area contributed by atoms with Crippen LogP contribution >= 0.6 is 0 Å². The van der Waals surface area contributed by atoms with Crippen molar-refractivity contribution in [3.05, 3.63) is 0 Å². The molecule has 9 heteroatoms. The molecule has 5 N–H and O–H groups in total. The normalized spacial score (nSPS) is 42.2. The van der Waals surface area contributed by atoms with Gasteiger partial charge in [0.2, 0.25) is 5.91 Å². The molecule has 164 valence electrons. The minimum Gasteiger partial charge on any atom is -0.380 e. The first-order valence-electron chi connectivity index (χ1n) is 11.3. The highest BCUT2D eigenvalue weighted by molar-refractivity contribution is 5.83. The SMILES string of the molecule is CN1CNNC1CC1(C2CCCC(NC(=O)C3NNC4CCCOC43)C2)COC1. The summed E-state index contributed by atoms with van der Waals surface area (Å²) in [7, 11) is 2.15. The lowest BCUT2D eigenvalue weighted by molar-refractivity contribution is -0.166. The number of carbonyl (C=O) groups excluding carboxylic acids is 1. The summed E-state index contributed by atoms with van der Waals surface area (Å²) in [6.45, 7) is 3.31. The van der Waals surface area contributed by atoms with E-state index in [1.165, 1.54) is 12.8 Å². The van der Waals surface area contributed by atoms with Gasteiger partial charge in [0.1, 0.15) is 6.04 Å². The predicted molar refractivity (Wildman–Crippen MR) is 107 cm³/mol. The number of rotatable bonds is 5. The Balaban J connectivity index is 1.19. The van der Waals surface area contributed by atoms with Gasteiger partial charge in [0.15, 0.2) is 0 Å². The molecule has 5 rings (SSSR count). The van der Waals surface area contributed by atoms with Crippen LogP contribution in [0.2, 0.25) is 0 Å². The summed E-state index contributed by atoms with van der Waals surface area (Å²) in [5.41, 5.74) is 13.3. The zero-order valence-corrected chi connectivity index (χ0v) is 17.4. The summed E-state index contributed by atoms with van der Waals surface area (Å²) in [5.74, 6) is 0.678.